The number of nitrogens with zero attached hydrogens (tertiary/aromatic N) is 1. The number of rotatable bonds is 2. The number of amides is 1. The molecular formula is C11H10N2O4. The highest BCUT2D eigenvalue weighted by atomic mass is 16.5. The van der Waals surface area contributed by atoms with Crippen molar-refractivity contribution in [3.8, 4) is 0 Å². The van der Waals surface area contributed by atoms with Crippen LogP contribution >= 0.6 is 0 Å². The molecule has 1 aromatic heterocycles. The Labute approximate surface area is 96.4 Å². The van der Waals surface area contributed by atoms with Crippen molar-refractivity contribution in [2.45, 2.75) is 0 Å². The van der Waals surface area contributed by atoms with Crippen LogP contribution in [0.15, 0.2) is 30.3 Å². The number of methoxy groups -OCH3 is 1. The Morgan fingerprint density at radius 1 is 1.35 bits per heavy atom. The molecule has 0 aliphatic carbocycles. The number of para-hydroxylation sites is 1. The number of nitrogens with one attached hydrogen (secondary N) is 1. The third-order valence-corrected chi connectivity index (χ3v) is 2.32. The number of ether oxygens (including phenoxy) is 1. The number of aromatic carboxylic acids is 1. The smallest absolute Gasteiger partial charge is 0.426 e. The minimum Gasteiger partial charge on any atom is -0.477 e. The van der Waals surface area contributed by atoms with Gasteiger partial charge in [-0.1, -0.05) is 18.2 Å². The number of carboxylic acid groups (broad SMARTS) is 1. The Bertz CT molecular complexity index is 588. The maximum absolute atomic E-state index is 11.2. The maximum atomic E-state index is 11.2. The summed E-state index contributed by atoms with van der Waals surface area (Å²) in [7, 11) is 1.21. The Balaban J connectivity index is 2.59. The molecule has 0 radical (unpaired) electrons. The van der Waals surface area contributed by atoms with Gasteiger partial charge in [0.05, 0.1) is 12.6 Å². The second-order valence-electron chi connectivity index (χ2n) is 3.33. The van der Waals surface area contributed by atoms with Gasteiger partial charge < -0.3 is 9.84 Å². The molecule has 17 heavy (non-hydrogen) atoms. The first-order valence-corrected chi connectivity index (χ1v) is 4.82. The molecule has 0 aliphatic heterocycles. The quantitative estimate of drug-likeness (QED) is 0.827. The van der Waals surface area contributed by atoms with Crippen molar-refractivity contribution in [2.24, 2.45) is 0 Å². The predicted molar refractivity (Wildman–Crippen MR) is 60.7 cm³/mol. The van der Waals surface area contributed by atoms with Gasteiger partial charge >= 0.3 is 12.1 Å². The predicted octanol–water partition coefficient (Wildman–Crippen LogP) is 1.65. The molecule has 2 rings (SSSR count). The summed E-state index contributed by atoms with van der Waals surface area (Å²) in [5.74, 6) is -1.13. The molecule has 2 N–H and O–H groups in total. The fraction of sp³-hybridized carbons (Fsp3) is 0.0909. The lowest BCUT2D eigenvalue weighted by Gasteiger charge is -2.08. The fourth-order valence-corrected chi connectivity index (χ4v) is 1.57. The van der Waals surface area contributed by atoms with Crippen molar-refractivity contribution in [3.05, 3.63) is 36.0 Å². The minimum absolute atomic E-state index is 0.0309. The van der Waals surface area contributed by atoms with E-state index in [1.54, 1.807) is 24.3 Å². The van der Waals surface area contributed by atoms with Crippen molar-refractivity contribution in [1.82, 2.24) is 4.68 Å². The average Bonchev–Trinajstić information content (AvgIpc) is 2.68. The fourth-order valence-electron chi connectivity index (χ4n) is 1.57. The van der Waals surface area contributed by atoms with E-state index in [2.05, 4.69) is 10.2 Å². The van der Waals surface area contributed by atoms with Crippen LogP contribution in [0.4, 0.5) is 4.79 Å². The molecule has 1 aromatic carbocycles. The number of aromatic nitrogens is 1. The summed E-state index contributed by atoms with van der Waals surface area (Å²) >= 11 is 0. The highest BCUT2D eigenvalue weighted by Crippen LogP contribution is 2.18. The Morgan fingerprint density at radius 2 is 2.06 bits per heavy atom. The monoisotopic (exact) mass is 234 g/mol. The van der Waals surface area contributed by atoms with E-state index >= 15 is 0 Å². The minimum atomic E-state index is -1.13. The lowest BCUT2D eigenvalue weighted by atomic mass is 10.2. The van der Waals surface area contributed by atoms with E-state index in [0.717, 1.165) is 5.39 Å². The van der Waals surface area contributed by atoms with Crippen molar-refractivity contribution in [2.75, 3.05) is 12.5 Å². The molecule has 0 spiro atoms. The molecule has 0 fully saturated rings. The largest absolute Gasteiger partial charge is 0.477 e. The molecule has 88 valence electrons. The molecule has 0 saturated carbocycles. The maximum Gasteiger partial charge on any atom is 0.426 e. The molecule has 0 saturated heterocycles. The molecule has 0 bridgehead atoms. The van der Waals surface area contributed by atoms with Gasteiger partial charge in [-0.3, -0.25) is 0 Å². The summed E-state index contributed by atoms with van der Waals surface area (Å²) in [5.41, 5.74) is 2.90. The van der Waals surface area contributed by atoms with Gasteiger partial charge in [0, 0.05) is 5.39 Å². The van der Waals surface area contributed by atoms with Crippen molar-refractivity contribution in [3.63, 3.8) is 0 Å². The molecule has 1 amide bonds. The third-order valence-electron chi connectivity index (χ3n) is 2.32. The Hall–Kier alpha value is -2.50. The first-order chi connectivity index (χ1) is 8.13. The number of benzene rings is 1. The zero-order valence-corrected chi connectivity index (χ0v) is 9.01. The van der Waals surface area contributed by atoms with Gasteiger partial charge in [-0.2, -0.15) is 0 Å². The second kappa shape index (κ2) is 4.17. The van der Waals surface area contributed by atoms with Crippen LogP contribution < -0.4 is 5.43 Å². The van der Waals surface area contributed by atoms with E-state index in [-0.39, 0.29) is 5.69 Å². The first-order valence-electron chi connectivity index (χ1n) is 4.82. The summed E-state index contributed by atoms with van der Waals surface area (Å²) in [5, 5.41) is 9.76. The van der Waals surface area contributed by atoms with Crippen LogP contribution in [-0.2, 0) is 4.74 Å². The summed E-state index contributed by atoms with van der Waals surface area (Å²) in [6, 6.07) is 8.49. The summed E-state index contributed by atoms with van der Waals surface area (Å²) in [6.07, 6.45) is -0.728. The van der Waals surface area contributed by atoms with Crippen LogP contribution in [0.5, 0.6) is 0 Å². The summed E-state index contributed by atoms with van der Waals surface area (Å²) < 4.78 is 5.63. The average molecular weight is 234 g/mol. The van der Waals surface area contributed by atoms with Gasteiger partial charge in [0.15, 0.2) is 0 Å². The Kier molecular flexibility index (Phi) is 2.70. The highest BCUT2D eigenvalue weighted by molar-refractivity contribution is 5.96. The Morgan fingerprint density at radius 3 is 2.71 bits per heavy atom. The molecule has 0 unspecified atom stereocenters. The van der Waals surface area contributed by atoms with Crippen LogP contribution in [0.25, 0.3) is 10.9 Å². The molecule has 1 heterocycles. The number of carbonyl (C=O) groups is 2. The van der Waals surface area contributed by atoms with E-state index in [1.807, 2.05) is 0 Å². The van der Waals surface area contributed by atoms with Gasteiger partial charge in [0.25, 0.3) is 0 Å². The third kappa shape index (κ3) is 1.92. The highest BCUT2D eigenvalue weighted by Gasteiger charge is 2.16. The molecule has 0 aliphatic rings. The van der Waals surface area contributed by atoms with Crippen molar-refractivity contribution < 1.29 is 19.4 Å². The molecule has 6 nitrogen and oxygen atoms in total. The van der Waals surface area contributed by atoms with E-state index in [0.29, 0.717) is 5.52 Å². The first kappa shape index (κ1) is 11.0. The molecule has 2 aromatic rings. The van der Waals surface area contributed by atoms with Crippen molar-refractivity contribution >= 4 is 23.0 Å². The van der Waals surface area contributed by atoms with Gasteiger partial charge in [-0.25, -0.2) is 19.7 Å². The second-order valence-corrected chi connectivity index (χ2v) is 3.33. The normalized spacial score (nSPS) is 10.2. The van der Waals surface area contributed by atoms with E-state index in [4.69, 9.17) is 5.11 Å². The van der Waals surface area contributed by atoms with Crippen LogP contribution in [-0.4, -0.2) is 29.0 Å². The van der Waals surface area contributed by atoms with Gasteiger partial charge in [0.2, 0.25) is 0 Å². The molecular weight excluding hydrogens is 224 g/mol. The summed E-state index contributed by atoms with van der Waals surface area (Å²) in [6.45, 7) is 0. The van der Waals surface area contributed by atoms with E-state index in [9.17, 15) is 9.59 Å². The SMILES string of the molecule is COC(=O)Nn1c(C(=O)O)cc2ccccc21. The molecule has 0 atom stereocenters. The zero-order valence-electron chi connectivity index (χ0n) is 9.01. The number of carboxylic acids is 1. The lowest BCUT2D eigenvalue weighted by Crippen LogP contribution is -2.25. The van der Waals surface area contributed by atoms with E-state index < -0.39 is 12.1 Å². The number of fused-ring (bicyclic) bond motifs is 1. The number of hydrogen-bond donors (Lipinski definition) is 2. The van der Waals surface area contributed by atoms with Gasteiger partial charge in [-0.15, -0.1) is 0 Å². The van der Waals surface area contributed by atoms with Crippen molar-refractivity contribution in [1.29, 1.82) is 0 Å². The number of hydrogen-bond acceptors (Lipinski definition) is 3. The van der Waals surface area contributed by atoms with Crippen LogP contribution in [0.2, 0.25) is 0 Å². The lowest BCUT2D eigenvalue weighted by molar-refractivity contribution is 0.0687. The standard InChI is InChI=1S/C11H10N2O4/c1-17-11(16)12-13-8-5-3-2-4-7(8)6-9(13)10(14)15/h2-6H,1H3,(H,12,16)(H,14,15). The van der Waals surface area contributed by atoms with Crippen LogP contribution in [0.1, 0.15) is 10.5 Å². The topological polar surface area (TPSA) is 80.6 Å². The number of carbonyl (C=O) groups excluding carboxylic acids is 1. The van der Waals surface area contributed by atoms with Gasteiger partial charge in [0.1, 0.15) is 5.69 Å². The zero-order chi connectivity index (χ0) is 12.4. The van der Waals surface area contributed by atoms with Crippen LogP contribution in [0, 0.1) is 0 Å². The molecule has 6 heteroatoms. The van der Waals surface area contributed by atoms with Gasteiger partial charge in [-0.05, 0) is 12.1 Å². The summed E-state index contributed by atoms with van der Waals surface area (Å²) in [4.78, 5) is 22.2. The van der Waals surface area contributed by atoms with E-state index in [1.165, 1.54) is 17.9 Å². The van der Waals surface area contributed by atoms with Crippen LogP contribution in [0.3, 0.4) is 0 Å².